The van der Waals surface area contributed by atoms with Gasteiger partial charge in [0.15, 0.2) is 0 Å². The van der Waals surface area contributed by atoms with Gasteiger partial charge in [-0.25, -0.2) is 4.39 Å². The molecule has 0 unspecified atom stereocenters. The Morgan fingerprint density at radius 1 is 1.37 bits per heavy atom. The zero-order chi connectivity index (χ0) is 13.8. The topological polar surface area (TPSA) is 23.6 Å². The molecule has 1 aliphatic heterocycles. The summed E-state index contributed by atoms with van der Waals surface area (Å²) in [6.45, 7) is 6.70. The summed E-state index contributed by atoms with van der Waals surface area (Å²) in [5.41, 5.74) is 2.02. The summed E-state index contributed by atoms with van der Waals surface area (Å²) < 4.78 is 13.2. The number of carbonyl (C=O) groups excluding carboxylic acids is 1. The third-order valence-corrected chi connectivity index (χ3v) is 3.70. The van der Waals surface area contributed by atoms with E-state index < -0.39 is 0 Å². The van der Waals surface area contributed by atoms with Gasteiger partial charge in [-0.3, -0.25) is 4.79 Å². The van der Waals surface area contributed by atoms with E-state index in [-0.39, 0.29) is 11.7 Å². The Kier molecular flexibility index (Phi) is 4.40. The fourth-order valence-corrected chi connectivity index (χ4v) is 2.65. The molecule has 104 valence electrons. The summed E-state index contributed by atoms with van der Waals surface area (Å²) in [6.07, 6.45) is 1.87. The van der Waals surface area contributed by atoms with Crippen molar-refractivity contribution in [1.29, 1.82) is 0 Å². The molecule has 1 aromatic rings. The highest BCUT2D eigenvalue weighted by molar-refractivity contribution is 5.82. The molecule has 0 N–H and O–H groups in total. The summed E-state index contributed by atoms with van der Waals surface area (Å²) in [5.74, 6) is -0.0576. The fourth-order valence-electron chi connectivity index (χ4n) is 2.65. The molecule has 0 saturated heterocycles. The molecule has 0 aromatic heterocycles. The number of hydrogen-bond acceptors (Lipinski definition) is 2. The number of rotatable bonds is 4. The minimum atomic E-state index is -0.198. The van der Waals surface area contributed by atoms with E-state index in [1.807, 2.05) is 18.7 Å². The Morgan fingerprint density at radius 3 is 2.79 bits per heavy atom. The van der Waals surface area contributed by atoms with E-state index in [0.717, 1.165) is 43.7 Å². The zero-order valence-corrected chi connectivity index (χ0v) is 11.7. The summed E-state index contributed by atoms with van der Waals surface area (Å²) in [5, 5.41) is 0. The van der Waals surface area contributed by atoms with Gasteiger partial charge in [-0.15, -0.1) is 0 Å². The maximum Gasteiger partial charge on any atom is 0.242 e. The van der Waals surface area contributed by atoms with Crippen LogP contribution in [0, 0.1) is 5.82 Å². The van der Waals surface area contributed by atoms with Gasteiger partial charge in [0.25, 0.3) is 0 Å². The number of likely N-dealkylation sites (N-methyl/N-ethyl adjacent to an activating group) is 1. The molecule has 1 heterocycles. The molecule has 1 amide bonds. The molecule has 0 bridgehead atoms. The first-order valence-corrected chi connectivity index (χ1v) is 6.96. The van der Waals surface area contributed by atoms with Crippen LogP contribution in [-0.4, -0.2) is 37.0 Å². The van der Waals surface area contributed by atoms with E-state index in [0.29, 0.717) is 6.54 Å². The van der Waals surface area contributed by atoms with Crippen LogP contribution in [0.3, 0.4) is 0 Å². The highest BCUT2D eigenvalue weighted by Gasteiger charge is 2.21. The molecule has 4 heteroatoms. The highest BCUT2D eigenvalue weighted by Crippen LogP contribution is 2.27. The summed E-state index contributed by atoms with van der Waals surface area (Å²) >= 11 is 0. The molecule has 3 nitrogen and oxygen atoms in total. The van der Waals surface area contributed by atoms with E-state index in [1.165, 1.54) is 6.07 Å². The Bertz CT molecular complexity index is 457. The van der Waals surface area contributed by atoms with Crippen molar-refractivity contribution >= 4 is 11.6 Å². The molecule has 1 aromatic carbocycles. The molecule has 0 fully saturated rings. The standard InChI is InChI=1S/C15H21FN2O/c1-3-17(4-2)15(19)11-18-9-5-6-12-10-13(16)7-8-14(12)18/h7-8,10H,3-6,9,11H2,1-2H3. The summed E-state index contributed by atoms with van der Waals surface area (Å²) in [7, 11) is 0. The maximum absolute atomic E-state index is 13.2. The number of amides is 1. The fraction of sp³-hybridized carbons (Fsp3) is 0.533. The first-order valence-electron chi connectivity index (χ1n) is 6.96. The van der Waals surface area contributed by atoms with Gasteiger partial charge in [0.2, 0.25) is 5.91 Å². The number of fused-ring (bicyclic) bond motifs is 1. The Labute approximate surface area is 114 Å². The maximum atomic E-state index is 13.2. The number of benzene rings is 1. The Balaban J connectivity index is 2.13. The van der Waals surface area contributed by atoms with Crippen LogP contribution in [0.5, 0.6) is 0 Å². The lowest BCUT2D eigenvalue weighted by Gasteiger charge is -2.32. The lowest BCUT2D eigenvalue weighted by atomic mass is 10.0. The van der Waals surface area contributed by atoms with Crippen LogP contribution < -0.4 is 4.90 Å². The Hall–Kier alpha value is -1.58. The van der Waals surface area contributed by atoms with E-state index in [9.17, 15) is 9.18 Å². The van der Waals surface area contributed by atoms with Gasteiger partial charge in [-0.1, -0.05) is 0 Å². The highest BCUT2D eigenvalue weighted by atomic mass is 19.1. The third-order valence-electron chi connectivity index (χ3n) is 3.70. The third kappa shape index (κ3) is 3.06. The Morgan fingerprint density at radius 2 is 2.11 bits per heavy atom. The molecule has 2 rings (SSSR count). The van der Waals surface area contributed by atoms with Crippen LogP contribution in [0.15, 0.2) is 18.2 Å². The van der Waals surface area contributed by atoms with Gasteiger partial charge in [0.05, 0.1) is 6.54 Å². The number of anilines is 1. The molecule has 1 aliphatic rings. The molecule has 0 aliphatic carbocycles. The van der Waals surface area contributed by atoms with Crippen molar-refractivity contribution in [2.75, 3.05) is 31.1 Å². The second-order valence-electron chi connectivity index (χ2n) is 4.86. The van der Waals surface area contributed by atoms with Gasteiger partial charge in [-0.05, 0) is 50.5 Å². The average molecular weight is 264 g/mol. The first-order chi connectivity index (χ1) is 9.15. The van der Waals surface area contributed by atoms with Crippen molar-refractivity contribution in [1.82, 2.24) is 4.90 Å². The summed E-state index contributed by atoms with van der Waals surface area (Å²) in [4.78, 5) is 16.1. The van der Waals surface area contributed by atoms with Crippen molar-refractivity contribution in [2.24, 2.45) is 0 Å². The van der Waals surface area contributed by atoms with E-state index >= 15 is 0 Å². The van der Waals surface area contributed by atoms with Crippen molar-refractivity contribution in [3.05, 3.63) is 29.6 Å². The van der Waals surface area contributed by atoms with E-state index in [2.05, 4.69) is 4.90 Å². The normalized spacial score (nSPS) is 14.2. The summed E-state index contributed by atoms with van der Waals surface area (Å²) in [6, 6.07) is 4.85. The average Bonchev–Trinajstić information content (AvgIpc) is 2.40. The van der Waals surface area contributed by atoms with Crippen molar-refractivity contribution < 1.29 is 9.18 Å². The van der Waals surface area contributed by atoms with Crippen molar-refractivity contribution in [2.45, 2.75) is 26.7 Å². The van der Waals surface area contributed by atoms with Crippen LogP contribution in [0.4, 0.5) is 10.1 Å². The number of hydrogen-bond donors (Lipinski definition) is 0. The molecule has 19 heavy (non-hydrogen) atoms. The lowest BCUT2D eigenvalue weighted by molar-refractivity contribution is -0.129. The molecule has 0 spiro atoms. The minimum absolute atomic E-state index is 0.141. The predicted octanol–water partition coefficient (Wildman–Crippen LogP) is 2.45. The van der Waals surface area contributed by atoms with Crippen LogP contribution in [-0.2, 0) is 11.2 Å². The van der Waals surface area contributed by atoms with Crippen molar-refractivity contribution in [3.8, 4) is 0 Å². The molecular weight excluding hydrogens is 243 g/mol. The van der Waals surface area contributed by atoms with E-state index in [4.69, 9.17) is 0 Å². The van der Waals surface area contributed by atoms with Gasteiger partial charge < -0.3 is 9.80 Å². The molecular formula is C15H21FN2O. The molecule has 0 atom stereocenters. The molecule has 0 radical (unpaired) electrons. The quantitative estimate of drug-likeness (QED) is 0.834. The largest absolute Gasteiger partial charge is 0.362 e. The zero-order valence-electron chi connectivity index (χ0n) is 11.7. The van der Waals surface area contributed by atoms with Crippen LogP contribution in [0.2, 0.25) is 0 Å². The number of aryl methyl sites for hydroxylation is 1. The van der Waals surface area contributed by atoms with Gasteiger partial charge in [-0.2, -0.15) is 0 Å². The van der Waals surface area contributed by atoms with Crippen molar-refractivity contribution in [3.63, 3.8) is 0 Å². The minimum Gasteiger partial charge on any atom is -0.362 e. The van der Waals surface area contributed by atoms with Gasteiger partial charge >= 0.3 is 0 Å². The monoisotopic (exact) mass is 264 g/mol. The first kappa shape index (κ1) is 13.8. The number of carbonyl (C=O) groups is 1. The molecule has 0 saturated carbocycles. The van der Waals surface area contributed by atoms with Crippen LogP contribution >= 0.6 is 0 Å². The number of nitrogens with zero attached hydrogens (tertiary/aromatic N) is 2. The van der Waals surface area contributed by atoms with Crippen LogP contribution in [0.1, 0.15) is 25.8 Å². The second kappa shape index (κ2) is 6.04. The number of halogens is 1. The second-order valence-corrected chi connectivity index (χ2v) is 4.86. The van der Waals surface area contributed by atoms with Gasteiger partial charge in [0.1, 0.15) is 5.82 Å². The SMILES string of the molecule is CCN(CC)C(=O)CN1CCCc2cc(F)ccc21. The predicted molar refractivity (Wildman–Crippen MR) is 74.9 cm³/mol. The lowest BCUT2D eigenvalue weighted by Crippen LogP contribution is -2.42. The van der Waals surface area contributed by atoms with Gasteiger partial charge in [0, 0.05) is 25.3 Å². The van der Waals surface area contributed by atoms with E-state index in [1.54, 1.807) is 12.1 Å². The van der Waals surface area contributed by atoms with Crippen LogP contribution in [0.25, 0.3) is 0 Å². The smallest absolute Gasteiger partial charge is 0.242 e.